The molecule has 210 valence electrons. The number of anilines is 1. The third-order valence-electron chi connectivity index (χ3n) is 5.47. The normalized spacial score (nSPS) is 11.4. The number of nitrogens with one attached hydrogen (secondary N) is 1. The van der Waals surface area contributed by atoms with E-state index in [0.717, 1.165) is 12.1 Å². The molecule has 0 unspecified atom stereocenters. The monoisotopic (exact) mass is 556 g/mol. The van der Waals surface area contributed by atoms with Crippen molar-refractivity contribution in [2.45, 2.75) is 40.2 Å². The Bertz CT molecular complexity index is 1510. The molecule has 0 saturated carbocycles. The van der Waals surface area contributed by atoms with Crippen LogP contribution in [0.15, 0.2) is 66.7 Å². The van der Waals surface area contributed by atoms with Crippen LogP contribution in [0.1, 0.15) is 38.2 Å². The second kappa shape index (κ2) is 11.6. The number of benzene rings is 3. The maximum Gasteiger partial charge on any atom is 0.573 e. The first-order chi connectivity index (χ1) is 18.9. The lowest BCUT2D eigenvalue weighted by atomic mass is 10.2. The van der Waals surface area contributed by atoms with Gasteiger partial charge >= 0.3 is 12.3 Å². The minimum atomic E-state index is -4.81. The first kappa shape index (κ1) is 28.3. The van der Waals surface area contributed by atoms with Gasteiger partial charge in [0.1, 0.15) is 23.0 Å². The van der Waals surface area contributed by atoms with Gasteiger partial charge < -0.3 is 28.8 Å². The molecule has 3 aromatic carbocycles. The molecule has 4 aromatic rings. The molecule has 0 aliphatic rings. The van der Waals surface area contributed by atoms with Gasteiger partial charge in [0.15, 0.2) is 5.69 Å². The molecule has 0 bridgehead atoms. The smallest absolute Gasteiger partial charge is 0.491 e. The van der Waals surface area contributed by atoms with E-state index in [9.17, 15) is 22.8 Å². The third kappa shape index (κ3) is 6.66. The summed E-state index contributed by atoms with van der Waals surface area (Å²) in [7, 11) is 0. The number of carbonyl (C=O) groups is 2. The highest BCUT2D eigenvalue weighted by molar-refractivity contribution is 6.12. The molecule has 1 aromatic heterocycles. The van der Waals surface area contributed by atoms with Crippen molar-refractivity contribution in [2.24, 2.45) is 0 Å². The highest BCUT2D eigenvalue weighted by atomic mass is 19.4. The number of hydrogen-bond acceptors (Lipinski definition) is 6. The lowest BCUT2D eigenvalue weighted by molar-refractivity contribution is -0.274. The molecular weight excluding hydrogens is 529 g/mol. The van der Waals surface area contributed by atoms with Crippen molar-refractivity contribution >= 4 is 28.5 Å². The van der Waals surface area contributed by atoms with Crippen molar-refractivity contribution in [3.8, 4) is 28.7 Å². The Kier molecular flexibility index (Phi) is 8.22. The number of rotatable bonds is 9. The van der Waals surface area contributed by atoms with E-state index < -0.39 is 18.2 Å². The number of ether oxygens (including phenoxy) is 4. The van der Waals surface area contributed by atoms with Gasteiger partial charge in [-0.15, -0.1) is 13.2 Å². The Labute approximate surface area is 228 Å². The van der Waals surface area contributed by atoms with Crippen molar-refractivity contribution in [3.05, 3.63) is 72.4 Å². The number of nitrogens with zero attached hydrogens (tertiary/aromatic N) is 1. The summed E-state index contributed by atoms with van der Waals surface area (Å²) in [6, 6.07) is 17.0. The minimum absolute atomic E-state index is 0.0218. The number of alkyl halides is 3. The van der Waals surface area contributed by atoms with E-state index in [-0.39, 0.29) is 35.6 Å². The highest BCUT2D eigenvalue weighted by Gasteiger charge is 2.31. The lowest BCUT2D eigenvalue weighted by Crippen LogP contribution is -2.16. The van der Waals surface area contributed by atoms with E-state index >= 15 is 0 Å². The summed E-state index contributed by atoms with van der Waals surface area (Å²) in [5, 5.41) is 3.22. The molecule has 0 atom stereocenters. The van der Waals surface area contributed by atoms with Crippen LogP contribution in [0.2, 0.25) is 0 Å². The summed E-state index contributed by atoms with van der Waals surface area (Å²) in [5.74, 6) is -0.219. The Morgan fingerprint density at radius 2 is 1.50 bits per heavy atom. The fourth-order valence-corrected chi connectivity index (χ4v) is 4.09. The topological polar surface area (TPSA) is 88.0 Å². The zero-order chi connectivity index (χ0) is 29.0. The summed E-state index contributed by atoms with van der Waals surface area (Å²) in [6.45, 7) is 6.94. The van der Waals surface area contributed by atoms with Crippen LogP contribution in [-0.4, -0.2) is 35.5 Å². The Morgan fingerprint density at radius 1 is 0.900 bits per heavy atom. The maximum absolute atomic E-state index is 13.2. The fourth-order valence-electron chi connectivity index (χ4n) is 4.09. The van der Waals surface area contributed by atoms with E-state index in [1.54, 1.807) is 54.0 Å². The first-order valence-electron chi connectivity index (χ1n) is 12.4. The molecule has 11 heteroatoms. The van der Waals surface area contributed by atoms with E-state index in [1.165, 1.54) is 19.1 Å². The average molecular weight is 557 g/mol. The standard InChI is InChI=1S/C29H27F3N2O6/c1-5-37-28(36)27-26(33-18(4)35)24-16-23(39-21-10-12-22(13-11-21)40-29(30,31)32)14-15-25(24)34(27)19-6-8-20(9-7-19)38-17(2)3/h6-17H,5H2,1-4H3,(H,33,35). The number of esters is 1. The molecule has 1 N–H and O–H groups in total. The van der Waals surface area contributed by atoms with Gasteiger partial charge in [0.2, 0.25) is 5.91 Å². The van der Waals surface area contributed by atoms with Crippen molar-refractivity contribution in [1.29, 1.82) is 0 Å². The Balaban J connectivity index is 1.80. The Morgan fingerprint density at radius 3 is 2.08 bits per heavy atom. The van der Waals surface area contributed by atoms with Gasteiger partial charge in [-0.25, -0.2) is 4.79 Å². The predicted octanol–water partition coefficient (Wildman–Crippen LogP) is 7.24. The number of fused-ring (bicyclic) bond motifs is 1. The SMILES string of the molecule is CCOC(=O)c1c(NC(C)=O)c2cc(Oc3ccc(OC(F)(F)F)cc3)ccc2n1-c1ccc(OC(C)C)cc1. The van der Waals surface area contributed by atoms with Crippen LogP contribution >= 0.6 is 0 Å². The summed E-state index contributed by atoms with van der Waals surface area (Å²) >= 11 is 0. The van der Waals surface area contributed by atoms with Crippen LogP contribution in [0, 0.1) is 0 Å². The third-order valence-corrected chi connectivity index (χ3v) is 5.47. The van der Waals surface area contributed by atoms with E-state index in [2.05, 4.69) is 10.1 Å². The van der Waals surface area contributed by atoms with Gasteiger partial charge in [-0.2, -0.15) is 0 Å². The summed E-state index contributed by atoms with van der Waals surface area (Å²) in [6.07, 6.45) is -4.83. The van der Waals surface area contributed by atoms with Gasteiger partial charge in [-0.1, -0.05) is 0 Å². The number of amides is 1. The van der Waals surface area contributed by atoms with Crippen molar-refractivity contribution < 1.29 is 41.7 Å². The van der Waals surface area contributed by atoms with Crippen molar-refractivity contribution in [2.75, 3.05) is 11.9 Å². The molecule has 0 aliphatic carbocycles. The zero-order valence-corrected chi connectivity index (χ0v) is 22.2. The first-order valence-corrected chi connectivity index (χ1v) is 12.4. The van der Waals surface area contributed by atoms with E-state index in [4.69, 9.17) is 14.2 Å². The average Bonchev–Trinajstić information content (AvgIpc) is 3.17. The van der Waals surface area contributed by atoms with Gasteiger partial charge in [-0.3, -0.25) is 4.79 Å². The van der Waals surface area contributed by atoms with Crippen LogP contribution in [0.3, 0.4) is 0 Å². The zero-order valence-electron chi connectivity index (χ0n) is 22.2. The summed E-state index contributed by atoms with van der Waals surface area (Å²) < 4.78 is 59.9. The molecule has 1 amide bonds. The second-order valence-corrected chi connectivity index (χ2v) is 8.92. The molecule has 40 heavy (non-hydrogen) atoms. The van der Waals surface area contributed by atoms with Crippen molar-refractivity contribution in [3.63, 3.8) is 0 Å². The number of hydrogen-bond donors (Lipinski definition) is 1. The molecule has 0 aliphatic heterocycles. The maximum atomic E-state index is 13.2. The van der Waals surface area contributed by atoms with Crippen LogP contribution < -0.4 is 19.5 Å². The molecular formula is C29H27F3N2O6. The molecule has 4 rings (SSSR count). The van der Waals surface area contributed by atoms with E-state index in [1.807, 2.05) is 13.8 Å². The molecule has 0 fully saturated rings. The predicted molar refractivity (Wildman–Crippen MR) is 142 cm³/mol. The van der Waals surface area contributed by atoms with E-state index in [0.29, 0.717) is 28.1 Å². The minimum Gasteiger partial charge on any atom is -0.491 e. The van der Waals surface area contributed by atoms with Gasteiger partial charge in [-0.05, 0) is 87.5 Å². The van der Waals surface area contributed by atoms with Gasteiger partial charge in [0.25, 0.3) is 0 Å². The van der Waals surface area contributed by atoms with Crippen LogP contribution in [0.5, 0.6) is 23.0 Å². The molecule has 0 saturated heterocycles. The molecule has 1 heterocycles. The highest BCUT2D eigenvalue weighted by Crippen LogP contribution is 2.38. The Hall–Kier alpha value is -4.67. The van der Waals surface area contributed by atoms with Crippen LogP contribution in [0.25, 0.3) is 16.6 Å². The number of carbonyl (C=O) groups excluding carboxylic acids is 2. The number of aromatic nitrogens is 1. The summed E-state index contributed by atoms with van der Waals surface area (Å²) in [5.41, 5.74) is 1.53. The molecule has 0 radical (unpaired) electrons. The second-order valence-electron chi connectivity index (χ2n) is 8.92. The van der Waals surface area contributed by atoms with Crippen LogP contribution in [-0.2, 0) is 9.53 Å². The quantitative estimate of drug-likeness (QED) is 0.219. The fraction of sp³-hybridized carbons (Fsp3) is 0.241. The largest absolute Gasteiger partial charge is 0.573 e. The van der Waals surface area contributed by atoms with Gasteiger partial charge in [0, 0.05) is 18.0 Å². The molecule has 0 spiro atoms. The van der Waals surface area contributed by atoms with Gasteiger partial charge in [0.05, 0.1) is 23.9 Å². The number of halogens is 3. The van der Waals surface area contributed by atoms with Crippen LogP contribution in [0.4, 0.5) is 18.9 Å². The lowest BCUT2D eigenvalue weighted by Gasteiger charge is -2.14. The summed E-state index contributed by atoms with van der Waals surface area (Å²) in [4.78, 5) is 25.4. The van der Waals surface area contributed by atoms with Crippen molar-refractivity contribution in [1.82, 2.24) is 4.57 Å². The molecule has 8 nitrogen and oxygen atoms in total.